The minimum atomic E-state index is -0.315. The molecule has 0 saturated carbocycles. The van der Waals surface area contributed by atoms with Gasteiger partial charge in [0.25, 0.3) is 5.91 Å². The summed E-state index contributed by atoms with van der Waals surface area (Å²) in [4.78, 5) is 20.5. The van der Waals surface area contributed by atoms with E-state index < -0.39 is 0 Å². The van der Waals surface area contributed by atoms with Crippen molar-refractivity contribution in [1.82, 2.24) is 15.3 Å². The molecule has 7 heteroatoms. The summed E-state index contributed by atoms with van der Waals surface area (Å²) in [5.41, 5.74) is 2.14. The number of carbonyl (C=O) groups excluding carboxylic acids is 1. The Morgan fingerprint density at radius 3 is 2.81 bits per heavy atom. The summed E-state index contributed by atoms with van der Waals surface area (Å²) in [7, 11) is 0. The number of amides is 1. The monoisotopic (exact) mass is 347 g/mol. The Labute approximate surface area is 128 Å². The van der Waals surface area contributed by atoms with Gasteiger partial charge < -0.3 is 14.2 Å². The summed E-state index contributed by atoms with van der Waals surface area (Å²) >= 11 is 3.15. The Kier molecular flexibility index (Phi) is 3.83. The number of nitrogens with zero attached hydrogens (tertiary/aromatic N) is 2. The third kappa shape index (κ3) is 3.03. The third-order valence-corrected chi connectivity index (χ3v) is 3.21. The lowest BCUT2D eigenvalue weighted by Gasteiger charge is -2.06. The molecule has 21 heavy (non-hydrogen) atoms. The maximum absolute atomic E-state index is 11.9. The molecular weight excluding hydrogens is 338 g/mol. The molecule has 0 saturated heterocycles. The van der Waals surface area contributed by atoms with Gasteiger partial charge in [-0.2, -0.15) is 0 Å². The fraction of sp³-hybridized carbons (Fsp3) is 0.0714. The van der Waals surface area contributed by atoms with Crippen molar-refractivity contribution < 1.29 is 13.6 Å². The Morgan fingerprint density at radius 2 is 2.10 bits per heavy atom. The second-order valence-electron chi connectivity index (χ2n) is 4.15. The highest BCUT2D eigenvalue weighted by molar-refractivity contribution is 9.10. The molecule has 0 atom stereocenters. The van der Waals surface area contributed by atoms with Crippen LogP contribution in [0, 0.1) is 0 Å². The number of hydrogen-bond donors (Lipinski definition) is 1. The average molecular weight is 348 g/mol. The molecule has 6 nitrogen and oxygen atoms in total. The smallest absolute Gasteiger partial charge is 0.287 e. The molecule has 0 bridgehead atoms. The molecule has 0 fully saturated rings. The van der Waals surface area contributed by atoms with Gasteiger partial charge in [-0.05, 0) is 34.1 Å². The molecule has 3 aromatic heterocycles. The first-order valence-electron chi connectivity index (χ1n) is 6.10. The van der Waals surface area contributed by atoms with Crippen molar-refractivity contribution in [2.24, 2.45) is 0 Å². The maximum Gasteiger partial charge on any atom is 0.287 e. The van der Waals surface area contributed by atoms with E-state index in [-0.39, 0.29) is 18.2 Å². The van der Waals surface area contributed by atoms with E-state index in [1.54, 1.807) is 43.1 Å². The number of aromatic nitrogens is 2. The number of halogens is 1. The molecule has 1 N–H and O–H groups in total. The zero-order valence-electron chi connectivity index (χ0n) is 10.7. The van der Waals surface area contributed by atoms with Gasteiger partial charge in [-0.15, -0.1) is 0 Å². The molecule has 0 aromatic carbocycles. The van der Waals surface area contributed by atoms with E-state index in [1.165, 1.54) is 0 Å². The van der Waals surface area contributed by atoms with Gasteiger partial charge in [0.05, 0.1) is 30.5 Å². The highest BCUT2D eigenvalue weighted by Crippen LogP contribution is 2.20. The van der Waals surface area contributed by atoms with Crippen molar-refractivity contribution in [3.63, 3.8) is 0 Å². The van der Waals surface area contributed by atoms with Crippen molar-refractivity contribution in [1.29, 1.82) is 0 Å². The van der Waals surface area contributed by atoms with Crippen LogP contribution in [0.4, 0.5) is 0 Å². The molecule has 3 heterocycles. The molecule has 0 aliphatic rings. The van der Waals surface area contributed by atoms with Crippen LogP contribution >= 0.6 is 15.9 Å². The molecule has 106 valence electrons. The molecule has 0 radical (unpaired) electrons. The number of hydrogen-bond acceptors (Lipinski definition) is 5. The van der Waals surface area contributed by atoms with Gasteiger partial charge in [0, 0.05) is 18.0 Å². The first kappa shape index (κ1) is 13.6. The summed E-state index contributed by atoms with van der Waals surface area (Å²) in [5.74, 6) is -0.0832. The molecular formula is C14H10BrN3O3. The first-order valence-corrected chi connectivity index (χ1v) is 6.89. The highest BCUT2D eigenvalue weighted by Gasteiger charge is 2.13. The van der Waals surface area contributed by atoms with E-state index in [2.05, 4.69) is 31.2 Å². The fourth-order valence-electron chi connectivity index (χ4n) is 1.82. The predicted octanol–water partition coefficient (Wildman–Crippen LogP) is 3.02. The topological polar surface area (TPSA) is 81.2 Å². The van der Waals surface area contributed by atoms with Gasteiger partial charge in [-0.3, -0.25) is 14.8 Å². The van der Waals surface area contributed by atoms with Gasteiger partial charge in [-0.25, -0.2) is 0 Å². The van der Waals surface area contributed by atoms with Gasteiger partial charge in [0.2, 0.25) is 0 Å². The average Bonchev–Trinajstić information content (AvgIpc) is 3.16. The van der Waals surface area contributed by atoms with E-state index in [1.807, 2.05) is 0 Å². The zero-order chi connectivity index (χ0) is 14.7. The summed E-state index contributed by atoms with van der Waals surface area (Å²) in [6.45, 7) is 0.242. The number of carbonyl (C=O) groups is 1. The van der Waals surface area contributed by atoms with Gasteiger partial charge in [0.1, 0.15) is 0 Å². The van der Waals surface area contributed by atoms with E-state index in [0.29, 0.717) is 16.1 Å². The predicted molar refractivity (Wildman–Crippen MR) is 77.3 cm³/mol. The van der Waals surface area contributed by atoms with Crippen LogP contribution in [0.15, 0.2) is 56.6 Å². The van der Waals surface area contributed by atoms with Gasteiger partial charge >= 0.3 is 0 Å². The Hall–Kier alpha value is -2.41. The third-order valence-electron chi connectivity index (χ3n) is 2.78. The minimum Gasteiger partial charge on any atom is -0.472 e. The van der Waals surface area contributed by atoms with E-state index in [4.69, 9.17) is 8.83 Å². The van der Waals surface area contributed by atoms with Crippen LogP contribution < -0.4 is 5.32 Å². The quantitative estimate of drug-likeness (QED) is 0.784. The van der Waals surface area contributed by atoms with Crippen molar-refractivity contribution in [3.8, 4) is 11.3 Å². The molecule has 0 aliphatic carbocycles. The van der Waals surface area contributed by atoms with Crippen LogP contribution in [0.5, 0.6) is 0 Å². The van der Waals surface area contributed by atoms with Crippen LogP contribution in [-0.2, 0) is 6.54 Å². The van der Waals surface area contributed by atoms with Crippen molar-refractivity contribution in [2.45, 2.75) is 6.54 Å². The van der Waals surface area contributed by atoms with Crippen LogP contribution in [0.3, 0.4) is 0 Å². The van der Waals surface area contributed by atoms with Crippen LogP contribution in [-0.4, -0.2) is 15.9 Å². The van der Waals surface area contributed by atoms with Gasteiger partial charge in [-0.1, -0.05) is 0 Å². The lowest BCUT2D eigenvalue weighted by Crippen LogP contribution is -2.23. The van der Waals surface area contributed by atoms with Crippen LogP contribution in [0.25, 0.3) is 11.3 Å². The number of rotatable bonds is 4. The van der Waals surface area contributed by atoms with Gasteiger partial charge in [0.15, 0.2) is 10.4 Å². The van der Waals surface area contributed by atoms with E-state index >= 15 is 0 Å². The summed E-state index contributed by atoms with van der Waals surface area (Å²) in [6.07, 6.45) is 6.32. The maximum atomic E-state index is 11.9. The van der Waals surface area contributed by atoms with Crippen LogP contribution in [0.1, 0.15) is 16.2 Å². The summed E-state index contributed by atoms with van der Waals surface area (Å²) in [5, 5.41) is 2.74. The number of nitrogens with one attached hydrogen (secondary N) is 1. The molecule has 1 amide bonds. The second kappa shape index (κ2) is 5.92. The highest BCUT2D eigenvalue weighted by atomic mass is 79.9. The normalized spacial score (nSPS) is 10.5. The summed E-state index contributed by atoms with van der Waals surface area (Å²) in [6, 6.07) is 5.04. The molecule has 0 unspecified atom stereocenters. The first-order chi connectivity index (χ1) is 10.2. The molecule has 0 spiro atoms. The SMILES string of the molecule is O=C(NCc1nccnc1-c1ccoc1)c1ccc(Br)o1. The van der Waals surface area contributed by atoms with E-state index in [9.17, 15) is 4.79 Å². The van der Waals surface area contributed by atoms with Crippen molar-refractivity contribution >= 4 is 21.8 Å². The molecule has 0 aliphatic heterocycles. The fourth-order valence-corrected chi connectivity index (χ4v) is 2.13. The lowest BCUT2D eigenvalue weighted by atomic mass is 10.2. The Morgan fingerprint density at radius 1 is 1.24 bits per heavy atom. The molecule has 3 aromatic rings. The standard InChI is InChI=1S/C14H10BrN3O3/c15-12-2-1-11(21-12)14(19)18-7-10-13(17-5-4-16-10)9-3-6-20-8-9/h1-6,8H,7H2,(H,18,19). The largest absolute Gasteiger partial charge is 0.472 e. The lowest BCUT2D eigenvalue weighted by molar-refractivity contribution is 0.0921. The Bertz CT molecular complexity index is 752. The summed E-state index contributed by atoms with van der Waals surface area (Å²) < 4.78 is 10.7. The molecule has 3 rings (SSSR count). The van der Waals surface area contributed by atoms with Crippen molar-refractivity contribution in [3.05, 3.63) is 59.2 Å². The van der Waals surface area contributed by atoms with Crippen molar-refractivity contribution in [2.75, 3.05) is 0 Å². The Balaban J connectivity index is 1.75. The minimum absolute atomic E-state index is 0.232. The number of furan rings is 2. The van der Waals surface area contributed by atoms with E-state index in [0.717, 1.165) is 5.56 Å². The second-order valence-corrected chi connectivity index (χ2v) is 4.93. The zero-order valence-corrected chi connectivity index (χ0v) is 12.3. The van der Waals surface area contributed by atoms with Crippen LogP contribution in [0.2, 0.25) is 0 Å².